The molecule has 0 unspecified atom stereocenters. The molecule has 0 aromatic heterocycles. The number of ether oxygens (including phenoxy) is 1. The van der Waals surface area contributed by atoms with Gasteiger partial charge in [-0.05, 0) is 42.5 Å². The number of benzene rings is 1. The van der Waals surface area contributed by atoms with E-state index in [4.69, 9.17) is 4.74 Å². The number of nitrogens with zero attached hydrogens (tertiary/aromatic N) is 2. The van der Waals surface area contributed by atoms with Crippen molar-refractivity contribution in [1.29, 1.82) is 0 Å². The number of hydrogen-bond acceptors (Lipinski definition) is 3. The lowest BCUT2D eigenvalue weighted by Gasteiger charge is -2.41. The van der Waals surface area contributed by atoms with Crippen molar-refractivity contribution in [3.8, 4) is 0 Å². The molecule has 1 atom stereocenters. The van der Waals surface area contributed by atoms with Gasteiger partial charge in [0.1, 0.15) is 0 Å². The minimum Gasteiger partial charge on any atom is -0.383 e. The fourth-order valence-corrected chi connectivity index (χ4v) is 3.43. The second kappa shape index (κ2) is 7.98. The summed E-state index contributed by atoms with van der Waals surface area (Å²) in [7, 11) is 1.78. The molecule has 0 saturated carbocycles. The molecule has 1 aromatic carbocycles. The van der Waals surface area contributed by atoms with E-state index >= 15 is 0 Å². The molecule has 1 aromatic rings. The van der Waals surface area contributed by atoms with Crippen LogP contribution >= 0.6 is 0 Å². The molecule has 1 aliphatic rings. The lowest BCUT2D eigenvalue weighted by molar-refractivity contribution is 0.117. The van der Waals surface area contributed by atoms with Crippen molar-refractivity contribution in [3.63, 3.8) is 0 Å². The highest BCUT2D eigenvalue weighted by Gasteiger charge is 2.23. The average Bonchev–Trinajstić information content (AvgIpc) is 2.52. The van der Waals surface area contributed by atoms with E-state index in [9.17, 15) is 0 Å². The van der Waals surface area contributed by atoms with E-state index in [1.54, 1.807) is 7.11 Å². The maximum absolute atomic E-state index is 5.21. The Labute approximate surface area is 136 Å². The molecule has 1 saturated heterocycles. The van der Waals surface area contributed by atoms with E-state index < -0.39 is 0 Å². The first-order valence-electron chi connectivity index (χ1n) is 8.67. The summed E-state index contributed by atoms with van der Waals surface area (Å²) in [6.07, 6.45) is 1.12. The Hall–Kier alpha value is -1.06. The fraction of sp³-hybridized carbons (Fsp3) is 0.684. The van der Waals surface area contributed by atoms with Crippen LogP contribution in [0.3, 0.4) is 0 Å². The van der Waals surface area contributed by atoms with Crippen LogP contribution in [0.25, 0.3) is 0 Å². The fourth-order valence-electron chi connectivity index (χ4n) is 3.43. The maximum atomic E-state index is 5.21. The van der Waals surface area contributed by atoms with E-state index in [1.165, 1.54) is 16.8 Å². The van der Waals surface area contributed by atoms with Crippen LogP contribution in [0.2, 0.25) is 0 Å². The van der Waals surface area contributed by atoms with E-state index in [2.05, 4.69) is 55.7 Å². The quantitative estimate of drug-likeness (QED) is 0.799. The number of rotatable bonds is 6. The van der Waals surface area contributed by atoms with Crippen LogP contribution < -0.4 is 4.90 Å². The summed E-state index contributed by atoms with van der Waals surface area (Å²) in [5, 5.41) is 0. The van der Waals surface area contributed by atoms with Gasteiger partial charge in [-0.3, -0.25) is 4.90 Å². The van der Waals surface area contributed by atoms with Gasteiger partial charge in [-0.1, -0.05) is 26.8 Å². The third kappa shape index (κ3) is 4.02. The average molecular weight is 304 g/mol. The maximum Gasteiger partial charge on any atom is 0.0589 e. The molecule has 0 amide bonds. The molecule has 1 aliphatic heterocycles. The first-order chi connectivity index (χ1) is 10.6. The van der Waals surface area contributed by atoms with E-state index in [0.29, 0.717) is 12.0 Å². The molecule has 22 heavy (non-hydrogen) atoms. The normalized spacial score (nSPS) is 19.9. The Morgan fingerprint density at radius 3 is 2.64 bits per heavy atom. The van der Waals surface area contributed by atoms with Crippen molar-refractivity contribution in [1.82, 2.24) is 4.90 Å². The largest absolute Gasteiger partial charge is 0.383 e. The summed E-state index contributed by atoms with van der Waals surface area (Å²) in [4.78, 5) is 5.07. The van der Waals surface area contributed by atoms with Crippen LogP contribution in [0.4, 0.5) is 5.69 Å². The minimum atomic E-state index is 0.582. The van der Waals surface area contributed by atoms with Crippen LogP contribution in [0.5, 0.6) is 0 Å². The topological polar surface area (TPSA) is 15.7 Å². The predicted octanol–water partition coefficient (Wildman–Crippen LogP) is 3.53. The van der Waals surface area contributed by atoms with Crippen LogP contribution in [0, 0.1) is 0 Å². The number of methoxy groups -OCH3 is 1. The first-order valence-corrected chi connectivity index (χ1v) is 8.67. The van der Waals surface area contributed by atoms with E-state index in [1.807, 2.05) is 0 Å². The summed E-state index contributed by atoms with van der Waals surface area (Å²) < 4.78 is 5.21. The van der Waals surface area contributed by atoms with Gasteiger partial charge in [0.05, 0.1) is 6.61 Å². The van der Waals surface area contributed by atoms with Gasteiger partial charge in [0.15, 0.2) is 0 Å². The summed E-state index contributed by atoms with van der Waals surface area (Å²) in [6.45, 7) is 14.4. The van der Waals surface area contributed by atoms with Gasteiger partial charge in [-0.2, -0.15) is 0 Å². The lowest BCUT2D eigenvalue weighted by Crippen LogP contribution is -2.52. The Bertz CT molecular complexity index is 473. The third-order valence-corrected chi connectivity index (χ3v) is 4.84. The molecule has 3 heteroatoms. The summed E-state index contributed by atoms with van der Waals surface area (Å²) in [5.41, 5.74) is 4.39. The second-order valence-corrected chi connectivity index (χ2v) is 6.72. The van der Waals surface area contributed by atoms with Crippen LogP contribution in [0.1, 0.15) is 44.7 Å². The molecule has 1 heterocycles. The van der Waals surface area contributed by atoms with Gasteiger partial charge in [-0.15, -0.1) is 0 Å². The van der Waals surface area contributed by atoms with Crippen molar-refractivity contribution in [2.75, 3.05) is 44.8 Å². The summed E-state index contributed by atoms with van der Waals surface area (Å²) in [6, 6.07) is 7.64. The van der Waals surface area contributed by atoms with Crippen LogP contribution in [0.15, 0.2) is 18.2 Å². The van der Waals surface area contributed by atoms with Crippen molar-refractivity contribution < 1.29 is 4.74 Å². The molecule has 2 rings (SSSR count). The van der Waals surface area contributed by atoms with Gasteiger partial charge in [0, 0.05) is 45.0 Å². The molecule has 0 aliphatic carbocycles. The first kappa shape index (κ1) is 17.3. The molecule has 0 spiro atoms. The number of anilines is 1. The molecule has 1 fully saturated rings. The number of aryl methyl sites for hydroxylation is 1. The second-order valence-electron chi connectivity index (χ2n) is 6.72. The minimum absolute atomic E-state index is 0.582. The molecule has 0 N–H and O–H groups in total. The van der Waals surface area contributed by atoms with Crippen molar-refractivity contribution >= 4 is 5.69 Å². The van der Waals surface area contributed by atoms with E-state index in [-0.39, 0.29) is 0 Å². The molecule has 124 valence electrons. The monoisotopic (exact) mass is 304 g/mol. The van der Waals surface area contributed by atoms with Gasteiger partial charge in [0.25, 0.3) is 0 Å². The molecule has 3 nitrogen and oxygen atoms in total. The summed E-state index contributed by atoms with van der Waals surface area (Å²) in [5.74, 6) is 0.605. The highest BCUT2D eigenvalue weighted by Crippen LogP contribution is 2.27. The predicted molar refractivity (Wildman–Crippen MR) is 95.0 cm³/mol. The Balaban J connectivity index is 2.07. The Morgan fingerprint density at radius 1 is 1.27 bits per heavy atom. The van der Waals surface area contributed by atoms with Gasteiger partial charge in [-0.25, -0.2) is 0 Å². The summed E-state index contributed by atoms with van der Waals surface area (Å²) >= 11 is 0. The zero-order valence-electron chi connectivity index (χ0n) is 14.9. The third-order valence-electron chi connectivity index (χ3n) is 4.84. The highest BCUT2D eigenvalue weighted by molar-refractivity contribution is 5.52. The highest BCUT2D eigenvalue weighted by atomic mass is 16.5. The van der Waals surface area contributed by atoms with Crippen molar-refractivity contribution in [2.45, 2.75) is 46.1 Å². The molecular weight excluding hydrogens is 272 g/mol. The number of piperazine rings is 1. The van der Waals surface area contributed by atoms with Crippen molar-refractivity contribution in [3.05, 3.63) is 29.3 Å². The number of hydrogen-bond donors (Lipinski definition) is 0. The standard InChI is InChI=1S/C19H32N2O/c1-6-17-13-18(7-8-19(17)15(2)3)21-10-9-20(11-12-22-5)16(4)14-21/h7-8,13,15-16H,6,9-12,14H2,1-5H3/t16-/m1/s1. The Morgan fingerprint density at radius 2 is 2.05 bits per heavy atom. The molecular formula is C19H32N2O. The van der Waals surface area contributed by atoms with Gasteiger partial charge >= 0.3 is 0 Å². The molecule has 0 radical (unpaired) electrons. The smallest absolute Gasteiger partial charge is 0.0589 e. The van der Waals surface area contributed by atoms with Gasteiger partial charge in [0.2, 0.25) is 0 Å². The lowest BCUT2D eigenvalue weighted by atomic mass is 9.95. The van der Waals surface area contributed by atoms with E-state index in [0.717, 1.165) is 39.2 Å². The zero-order valence-corrected chi connectivity index (χ0v) is 14.9. The molecule has 0 bridgehead atoms. The van der Waals surface area contributed by atoms with Crippen LogP contribution in [-0.2, 0) is 11.2 Å². The SMILES string of the molecule is CCc1cc(N2CCN(CCOC)[C@H](C)C2)ccc1C(C)C. The van der Waals surface area contributed by atoms with Crippen molar-refractivity contribution in [2.24, 2.45) is 0 Å². The van der Waals surface area contributed by atoms with Crippen LogP contribution in [-0.4, -0.2) is 50.8 Å². The Kier molecular flexibility index (Phi) is 6.27. The zero-order chi connectivity index (χ0) is 16.1. The van der Waals surface area contributed by atoms with Gasteiger partial charge < -0.3 is 9.64 Å².